The lowest BCUT2D eigenvalue weighted by molar-refractivity contribution is -0.114. The number of aromatic hydroxyl groups is 1. The second-order valence-corrected chi connectivity index (χ2v) is 7.03. The zero-order chi connectivity index (χ0) is 19.4. The van der Waals surface area contributed by atoms with Crippen LogP contribution in [0.5, 0.6) is 5.75 Å². The molecule has 138 valence electrons. The number of carbonyl (C=O) groups excluding carboxylic acids is 2. The third kappa shape index (κ3) is 4.63. The molecule has 0 aliphatic heterocycles. The smallest absolute Gasteiger partial charge is 0.255 e. The Kier molecular flexibility index (Phi) is 6.03. The minimum absolute atomic E-state index is 0.140. The fourth-order valence-electron chi connectivity index (χ4n) is 2.74. The number of carbonyl (C=O) groups is 2. The van der Waals surface area contributed by atoms with Crippen molar-refractivity contribution < 1.29 is 14.7 Å². The molecule has 0 aromatic heterocycles. The third-order valence-corrected chi connectivity index (χ3v) is 4.14. The van der Waals surface area contributed by atoms with Gasteiger partial charge in [0.15, 0.2) is 0 Å². The van der Waals surface area contributed by atoms with Crippen LogP contribution in [0.25, 0.3) is 0 Å². The van der Waals surface area contributed by atoms with Crippen molar-refractivity contribution in [2.45, 2.75) is 46.5 Å². The molecular formula is C21H26N2O3. The molecule has 0 radical (unpaired) electrons. The van der Waals surface area contributed by atoms with E-state index in [9.17, 15) is 14.7 Å². The van der Waals surface area contributed by atoms with E-state index in [0.717, 1.165) is 11.1 Å². The van der Waals surface area contributed by atoms with Gasteiger partial charge in [-0.1, -0.05) is 27.7 Å². The van der Waals surface area contributed by atoms with Crippen LogP contribution in [0.2, 0.25) is 0 Å². The number of anilines is 2. The Morgan fingerprint density at radius 3 is 1.77 bits per heavy atom. The summed E-state index contributed by atoms with van der Waals surface area (Å²) in [5, 5.41) is 16.0. The average Bonchev–Trinajstić information content (AvgIpc) is 2.55. The number of phenolic OH excluding ortho intramolecular Hbond substituents is 1. The molecule has 2 amide bonds. The molecule has 0 fully saturated rings. The van der Waals surface area contributed by atoms with Gasteiger partial charge < -0.3 is 15.7 Å². The Hall–Kier alpha value is -2.82. The summed E-state index contributed by atoms with van der Waals surface area (Å²) in [7, 11) is 0. The van der Waals surface area contributed by atoms with Gasteiger partial charge in [-0.2, -0.15) is 0 Å². The van der Waals surface area contributed by atoms with Gasteiger partial charge in [-0.15, -0.1) is 0 Å². The minimum Gasteiger partial charge on any atom is -0.507 e. The van der Waals surface area contributed by atoms with E-state index in [1.807, 2.05) is 39.8 Å². The maximum Gasteiger partial charge on any atom is 0.255 e. The van der Waals surface area contributed by atoms with E-state index in [1.54, 1.807) is 24.3 Å². The molecule has 2 aromatic rings. The van der Waals surface area contributed by atoms with Crippen LogP contribution in [0.15, 0.2) is 36.4 Å². The van der Waals surface area contributed by atoms with Gasteiger partial charge in [0.1, 0.15) is 5.75 Å². The Labute approximate surface area is 154 Å². The summed E-state index contributed by atoms with van der Waals surface area (Å²) in [5.74, 6) is 0.179. The standard InChI is InChI=1S/C21H26N2O3/c1-12(2)18-10-17(11-19(13(3)4)20(18)25)23-21(26)15-6-8-16(9-7-15)22-14(5)24/h6-13,25H,1-5H3,(H,22,24)(H,23,26). The van der Waals surface area contributed by atoms with Crippen LogP contribution in [0.4, 0.5) is 11.4 Å². The third-order valence-electron chi connectivity index (χ3n) is 4.14. The van der Waals surface area contributed by atoms with Gasteiger partial charge in [0, 0.05) is 23.9 Å². The van der Waals surface area contributed by atoms with Crippen LogP contribution in [0, 0.1) is 0 Å². The molecule has 26 heavy (non-hydrogen) atoms. The normalized spacial score (nSPS) is 10.9. The molecule has 0 unspecified atom stereocenters. The summed E-state index contributed by atoms with van der Waals surface area (Å²) < 4.78 is 0. The molecule has 0 bridgehead atoms. The first kappa shape index (κ1) is 19.5. The number of phenols is 1. The van der Waals surface area contributed by atoms with Crippen LogP contribution < -0.4 is 10.6 Å². The van der Waals surface area contributed by atoms with Crippen molar-refractivity contribution in [1.29, 1.82) is 0 Å². The molecule has 0 atom stereocenters. The summed E-state index contributed by atoms with van der Waals surface area (Å²) in [5.41, 5.74) is 3.42. The van der Waals surface area contributed by atoms with Gasteiger partial charge >= 0.3 is 0 Å². The van der Waals surface area contributed by atoms with Crippen molar-refractivity contribution in [1.82, 2.24) is 0 Å². The molecule has 0 saturated carbocycles. The van der Waals surface area contributed by atoms with Gasteiger partial charge in [-0.3, -0.25) is 9.59 Å². The predicted octanol–water partition coefficient (Wildman–Crippen LogP) is 4.85. The molecule has 5 heteroatoms. The van der Waals surface area contributed by atoms with E-state index >= 15 is 0 Å². The van der Waals surface area contributed by atoms with Crippen molar-refractivity contribution in [2.75, 3.05) is 10.6 Å². The van der Waals surface area contributed by atoms with Crippen molar-refractivity contribution in [3.8, 4) is 5.75 Å². The topological polar surface area (TPSA) is 78.4 Å². The predicted molar refractivity (Wildman–Crippen MR) is 105 cm³/mol. The fraction of sp³-hybridized carbons (Fsp3) is 0.333. The highest BCUT2D eigenvalue weighted by atomic mass is 16.3. The molecule has 2 aromatic carbocycles. The van der Waals surface area contributed by atoms with Gasteiger partial charge in [0.2, 0.25) is 5.91 Å². The second kappa shape index (κ2) is 8.04. The molecular weight excluding hydrogens is 328 g/mol. The first-order chi connectivity index (χ1) is 12.2. The Bertz CT molecular complexity index is 780. The van der Waals surface area contributed by atoms with Crippen LogP contribution in [-0.4, -0.2) is 16.9 Å². The van der Waals surface area contributed by atoms with E-state index in [4.69, 9.17) is 0 Å². The summed E-state index contributed by atoms with van der Waals surface area (Å²) in [6.07, 6.45) is 0. The molecule has 0 spiro atoms. The van der Waals surface area contributed by atoms with Crippen molar-refractivity contribution in [3.63, 3.8) is 0 Å². The maximum atomic E-state index is 12.5. The molecule has 2 rings (SSSR count). The van der Waals surface area contributed by atoms with Crippen LogP contribution >= 0.6 is 0 Å². The first-order valence-electron chi connectivity index (χ1n) is 8.74. The van der Waals surface area contributed by atoms with E-state index in [-0.39, 0.29) is 23.7 Å². The molecule has 0 heterocycles. The lowest BCUT2D eigenvalue weighted by Crippen LogP contribution is -2.13. The van der Waals surface area contributed by atoms with Crippen molar-refractivity contribution in [3.05, 3.63) is 53.1 Å². The molecule has 5 nitrogen and oxygen atoms in total. The summed E-state index contributed by atoms with van der Waals surface area (Å²) in [4.78, 5) is 23.6. The lowest BCUT2D eigenvalue weighted by Gasteiger charge is -2.18. The first-order valence-corrected chi connectivity index (χ1v) is 8.74. The summed E-state index contributed by atoms with van der Waals surface area (Å²) >= 11 is 0. The van der Waals surface area contributed by atoms with Crippen molar-refractivity contribution >= 4 is 23.2 Å². The summed E-state index contributed by atoms with van der Waals surface area (Å²) in [6.45, 7) is 9.46. The van der Waals surface area contributed by atoms with Crippen LogP contribution in [-0.2, 0) is 4.79 Å². The maximum absolute atomic E-state index is 12.5. The van der Waals surface area contributed by atoms with Crippen LogP contribution in [0.3, 0.4) is 0 Å². The van der Waals surface area contributed by atoms with E-state index in [1.165, 1.54) is 6.92 Å². The highest BCUT2D eigenvalue weighted by Crippen LogP contribution is 2.36. The van der Waals surface area contributed by atoms with Crippen LogP contribution in [0.1, 0.15) is 67.9 Å². The Morgan fingerprint density at radius 1 is 0.846 bits per heavy atom. The van der Waals surface area contributed by atoms with E-state index in [0.29, 0.717) is 22.7 Å². The van der Waals surface area contributed by atoms with Gasteiger partial charge in [-0.05, 0) is 59.4 Å². The Morgan fingerprint density at radius 2 is 1.35 bits per heavy atom. The molecule has 0 aliphatic rings. The van der Waals surface area contributed by atoms with Gasteiger partial charge in [0.25, 0.3) is 5.91 Å². The number of hydrogen-bond donors (Lipinski definition) is 3. The van der Waals surface area contributed by atoms with E-state index in [2.05, 4.69) is 10.6 Å². The van der Waals surface area contributed by atoms with Gasteiger partial charge in [0.05, 0.1) is 0 Å². The molecule has 0 saturated heterocycles. The SMILES string of the molecule is CC(=O)Nc1ccc(C(=O)Nc2cc(C(C)C)c(O)c(C(C)C)c2)cc1. The molecule has 0 aliphatic carbocycles. The van der Waals surface area contributed by atoms with E-state index < -0.39 is 0 Å². The number of amides is 2. The monoisotopic (exact) mass is 354 g/mol. The lowest BCUT2D eigenvalue weighted by atomic mass is 9.93. The number of hydrogen-bond acceptors (Lipinski definition) is 3. The fourth-order valence-corrected chi connectivity index (χ4v) is 2.74. The highest BCUT2D eigenvalue weighted by Gasteiger charge is 2.16. The number of benzene rings is 2. The largest absolute Gasteiger partial charge is 0.507 e. The molecule has 3 N–H and O–H groups in total. The highest BCUT2D eigenvalue weighted by molar-refractivity contribution is 6.04. The zero-order valence-electron chi connectivity index (χ0n) is 15.9. The number of rotatable bonds is 5. The quantitative estimate of drug-likeness (QED) is 0.672. The average molecular weight is 354 g/mol. The summed E-state index contributed by atoms with van der Waals surface area (Å²) in [6, 6.07) is 10.3. The minimum atomic E-state index is -0.241. The number of nitrogens with one attached hydrogen (secondary N) is 2. The van der Waals surface area contributed by atoms with Gasteiger partial charge in [-0.25, -0.2) is 0 Å². The Balaban J connectivity index is 2.26. The second-order valence-electron chi connectivity index (χ2n) is 7.03. The zero-order valence-corrected chi connectivity index (χ0v) is 15.9. The van der Waals surface area contributed by atoms with Crippen molar-refractivity contribution in [2.24, 2.45) is 0 Å².